The van der Waals surface area contributed by atoms with Crippen molar-refractivity contribution in [3.63, 3.8) is 0 Å². The first-order valence-corrected chi connectivity index (χ1v) is 10.3. The minimum atomic E-state index is 0. The topological polar surface area (TPSA) is 52.6 Å². The van der Waals surface area contributed by atoms with E-state index in [1.807, 2.05) is 7.05 Å². The van der Waals surface area contributed by atoms with Gasteiger partial charge >= 0.3 is 0 Å². The minimum absolute atomic E-state index is 0. The van der Waals surface area contributed by atoms with Crippen LogP contribution >= 0.6 is 35.3 Å². The molecule has 1 saturated carbocycles. The Bertz CT molecular complexity index is 541. The van der Waals surface area contributed by atoms with Crippen LogP contribution in [-0.2, 0) is 6.42 Å². The maximum absolute atomic E-state index is 4.78. The lowest BCUT2D eigenvalue weighted by atomic mass is 9.87. The molecule has 142 valence electrons. The van der Waals surface area contributed by atoms with E-state index in [1.165, 1.54) is 62.4 Å². The normalized spacial score (nSPS) is 24.1. The van der Waals surface area contributed by atoms with E-state index in [1.54, 1.807) is 11.3 Å². The fraction of sp³-hybridized carbons (Fsp3) is 0.778. The summed E-state index contributed by atoms with van der Waals surface area (Å²) in [7, 11) is 1.86. The van der Waals surface area contributed by atoms with Crippen molar-refractivity contribution in [1.29, 1.82) is 0 Å². The van der Waals surface area contributed by atoms with Crippen LogP contribution in [0, 0.1) is 5.92 Å². The van der Waals surface area contributed by atoms with Gasteiger partial charge in [-0.1, -0.05) is 19.8 Å². The molecule has 2 unspecified atom stereocenters. The van der Waals surface area contributed by atoms with Crippen LogP contribution in [0.3, 0.4) is 0 Å². The molecule has 5 nitrogen and oxygen atoms in total. The number of nitrogens with one attached hydrogen (secondary N) is 2. The predicted molar refractivity (Wildman–Crippen MR) is 119 cm³/mol. The Balaban J connectivity index is 0.00000225. The molecule has 0 aromatic carbocycles. The molecule has 0 spiro atoms. The van der Waals surface area contributed by atoms with Gasteiger partial charge in [0.15, 0.2) is 11.1 Å². The average molecular weight is 477 g/mol. The summed E-state index contributed by atoms with van der Waals surface area (Å²) < 4.78 is 0. The highest BCUT2D eigenvalue weighted by molar-refractivity contribution is 14.0. The summed E-state index contributed by atoms with van der Waals surface area (Å²) in [5.74, 6) is 1.76. The molecule has 7 heteroatoms. The molecule has 2 heterocycles. The highest BCUT2D eigenvalue weighted by Gasteiger charge is 2.19. The number of rotatable bonds is 5. The Hall–Kier alpha value is -0.570. The molecule has 2 aliphatic rings. The van der Waals surface area contributed by atoms with E-state index in [0.29, 0.717) is 6.04 Å². The molecular formula is C18H32IN5S. The number of anilines is 1. The zero-order chi connectivity index (χ0) is 16.8. The lowest BCUT2D eigenvalue weighted by Crippen LogP contribution is -2.45. The first kappa shape index (κ1) is 20.7. The predicted octanol–water partition coefficient (Wildman–Crippen LogP) is 3.65. The van der Waals surface area contributed by atoms with Crippen molar-refractivity contribution in [3.05, 3.63) is 11.1 Å². The summed E-state index contributed by atoms with van der Waals surface area (Å²) in [6.07, 6.45) is 8.77. The van der Waals surface area contributed by atoms with Gasteiger partial charge in [-0.05, 0) is 31.6 Å². The standard InChI is InChI=1S/C18H31N5S.HI/c1-14-6-5-7-15(12-14)21-17(19-2)20-9-8-16-13-24-18(22-16)23-10-3-4-11-23;/h13-15H,3-12H2,1-2H3,(H2,19,20,21);1H. The molecule has 1 aliphatic carbocycles. The molecule has 25 heavy (non-hydrogen) atoms. The Kier molecular flexibility index (Phi) is 8.75. The molecular weight excluding hydrogens is 445 g/mol. The van der Waals surface area contributed by atoms with Crippen LogP contribution in [0.15, 0.2) is 10.4 Å². The molecule has 1 aliphatic heterocycles. The van der Waals surface area contributed by atoms with Crippen LogP contribution in [0.5, 0.6) is 0 Å². The zero-order valence-corrected chi connectivity index (χ0v) is 18.6. The maximum Gasteiger partial charge on any atom is 0.191 e. The molecule has 1 aromatic heterocycles. The molecule has 2 atom stereocenters. The summed E-state index contributed by atoms with van der Waals surface area (Å²) in [5, 5.41) is 10.4. The maximum atomic E-state index is 4.78. The van der Waals surface area contributed by atoms with Crippen molar-refractivity contribution in [2.45, 2.75) is 57.9 Å². The second-order valence-electron chi connectivity index (χ2n) is 7.18. The van der Waals surface area contributed by atoms with Crippen molar-refractivity contribution in [3.8, 4) is 0 Å². The number of guanidine groups is 1. The van der Waals surface area contributed by atoms with Gasteiger partial charge < -0.3 is 15.5 Å². The Morgan fingerprint density at radius 3 is 2.84 bits per heavy atom. The van der Waals surface area contributed by atoms with Crippen LogP contribution in [0.4, 0.5) is 5.13 Å². The smallest absolute Gasteiger partial charge is 0.191 e. The summed E-state index contributed by atoms with van der Waals surface area (Å²) >= 11 is 1.78. The molecule has 2 fully saturated rings. The van der Waals surface area contributed by atoms with Crippen LogP contribution in [-0.4, -0.2) is 43.7 Å². The average Bonchev–Trinajstić information content (AvgIpc) is 3.25. The van der Waals surface area contributed by atoms with E-state index < -0.39 is 0 Å². The Labute approximate surface area is 173 Å². The number of nitrogens with zero attached hydrogens (tertiary/aromatic N) is 3. The van der Waals surface area contributed by atoms with E-state index in [2.05, 4.69) is 32.8 Å². The van der Waals surface area contributed by atoms with Crippen LogP contribution in [0.25, 0.3) is 0 Å². The van der Waals surface area contributed by atoms with E-state index >= 15 is 0 Å². The number of aromatic nitrogens is 1. The van der Waals surface area contributed by atoms with E-state index in [9.17, 15) is 0 Å². The van der Waals surface area contributed by atoms with Crippen LogP contribution in [0.1, 0.15) is 51.1 Å². The van der Waals surface area contributed by atoms with Gasteiger partial charge in [0.25, 0.3) is 0 Å². The van der Waals surface area contributed by atoms with E-state index in [0.717, 1.165) is 24.8 Å². The van der Waals surface area contributed by atoms with E-state index in [-0.39, 0.29) is 24.0 Å². The lowest BCUT2D eigenvalue weighted by Gasteiger charge is -2.28. The first-order valence-electron chi connectivity index (χ1n) is 9.41. The number of hydrogen-bond donors (Lipinski definition) is 2. The molecule has 2 N–H and O–H groups in total. The van der Waals surface area contributed by atoms with Crippen LogP contribution < -0.4 is 15.5 Å². The van der Waals surface area contributed by atoms with Crippen LogP contribution in [0.2, 0.25) is 0 Å². The second-order valence-corrected chi connectivity index (χ2v) is 8.01. The monoisotopic (exact) mass is 477 g/mol. The number of hydrogen-bond acceptors (Lipinski definition) is 4. The molecule has 1 saturated heterocycles. The first-order chi connectivity index (χ1) is 11.7. The number of halogens is 1. The third-order valence-electron chi connectivity index (χ3n) is 5.09. The van der Waals surface area contributed by atoms with Crippen molar-refractivity contribution in [2.75, 3.05) is 31.6 Å². The summed E-state index contributed by atoms with van der Waals surface area (Å²) in [5.41, 5.74) is 1.19. The third-order valence-corrected chi connectivity index (χ3v) is 6.04. The molecule has 1 aromatic rings. The van der Waals surface area contributed by atoms with E-state index in [4.69, 9.17) is 4.98 Å². The molecule has 0 amide bonds. The highest BCUT2D eigenvalue weighted by Crippen LogP contribution is 2.25. The summed E-state index contributed by atoms with van der Waals surface area (Å²) in [4.78, 5) is 11.6. The second kappa shape index (κ2) is 10.5. The Morgan fingerprint density at radius 2 is 2.12 bits per heavy atom. The van der Waals surface area contributed by atoms with Gasteiger partial charge in [-0.2, -0.15) is 0 Å². The van der Waals surface area contributed by atoms with Crippen molar-refractivity contribution in [1.82, 2.24) is 15.6 Å². The lowest BCUT2D eigenvalue weighted by molar-refractivity contribution is 0.324. The molecule has 0 radical (unpaired) electrons. The van der Waals surface area contributed by atoms with Gasteiger partial charge in [0.2, 0.25) is 0 Å². The van der Waals surface area contributed by atoms with Gasteiger partial charge in [0.05, 0.1) is 5.69 Å². The van der Waals surface area contributed by atoms with Crippen molar-refractivity contribution >= 4 is 46.4 Å². The molecule has 3 rings (SSSR count). The van der Waals surface area contributed by atoms with Crippen molar-refractivity contribution in [2.24, 2.45) is 10.9 Å². The summed E-state index contributed by atoms with van der Waals surface area (Å²) in [6, 6.07) is 0.570. The third kappa shape index (κ3) is 6.27. The Morgan fingerprint density at radius 1 is 1.32 bits per heavy atom. The number of aliphatic imine (C=N–C) groups is 1. The highest BCUT2D eigenvalue weighted by atomic mass is 127. The minimum Gasteiger partial charge on any atom is -0.356 e. The molecule has 0 bridgehead atoms. The van der Waals surface area contributed by atoms with Gasteiger partial charge in [0, 0.05) is 44.5 Å². The quantitative estimate of drug-likeness (QED) is 0.386. The van der Waals surface area contributed by atoms with Crippen molar-refractivity contribution < 1.29 is 0 Å². The van der Waals surface area contributed by atoms with Gasteiger partial charge in [-0.3, -0.25) is 4.99 Å². The number of thiazole rings is 1. The van der Waals surface area contributed by atoms with Gasteiger partial charge in [0.1, 0.15) is 0 Å². The van der Waals surface area contributed by atoms with Gasteiger partial charge in [-0.15, -0.1) is 35.3 Å². The fourth-order valence-electron chi connectivity index (χ4n) is 3.73. The summed E-state index contributed by atoms with van der Waals surface area (Å²) in [6.45, 7) is 5.57. The largest absolute Gasteiger partial charge is 0.356 e. The zero-order valence-electron chi connectivity index (χ0n) is 15.5. The fourth-order valence-corrected chi connectivity index (χ4v) is 4.64. The SMILES string of the molecule is CN=C(NCCc1csc(N2CCCC2)n1)NC1CCCC(C)C1.I. The van der Waals surface area contributed by atoms with Gasteiger partial charge in [-0.25, -0.2) is 4.98 Å².